The Balaban J connectivity index is 0. The van der Waals surface area contributed by atoms with Crippen molar-refractivity contribution in [1.82, 2.24) is 0 Å². The van der Waals surface area contributed by atoms with Crippen LogP contribution in [0.5, 0.6) is 0 Å². The maximum absolute atomic E-state index is 0. The monoisotopic (exact) mass is 616 g/mol. The van der Waals surface area contributed by atoms with Gasteiger partial charge in [0.05, 0.1) is 0 Å². The summed E-state index contributed by atoms with van der Waals surface area (Å²) in [6.45, 7) is 0. The SMILES string of the molecule is [Bi+3].[Bi+3].[Co+2].[Co+2].[O-2].[O-2].[O-2].[O-2].[O-2]. The van der Waals surface area contributed by atoms with Gasteiger partial charge in [0.2, 0.25) is 0 Å². The Morgan fingerprint density at radius 2 is 0.333 bits per heavy atom. The summed E-state index contributed by atoms with van der Waals surface area (Å²) >= 11 is 0. The molecule has 9 heavy (non-hydrogen) atoms. The van der Waals surface area contributed by atoms with E-state index in [1.807, 2.05) is 0 Å². The van der Waals surface area contributed by atoms with Crippen LogP contribution in [0.3, 0.4) is 0 Å². The molecule has 0 saturated carbocycles. The van der Waals surface area contributed by atoms with E-state index in [2.05, 4.69) is 0 Å². The van der Waals surface area contributed by atoms with E-state index >= 15 is 0 Å². The van der Waals surface area contributed by atoms with Gasteiger partial charge in [0, 0.05) is 0 Å². The van der Waals surface area contributed by atoms with Crippen LogP contribution in [0.25, 0.3) is 0 Å². The molecule has 0 atom stereocenters. The quantitative estimate of drug-likeness (QED) is 0.297. The molecule has 0 N–H and O–H groups in total. The summed E-state index contributed by atoms with van der Waals surface area (Å²) in [6.07, 6.45) is 0. The fourth-order valence-corrected chi connectivity index (χ4v) is 0. The van der Waals surface area contributed by atoms with Crippen LogP contribution >= 0.6 is 0 Å². The summed E-state index contributed by atoms with van der Waals surface area (Å²) in [5.74, 6) is 0. The van der Waals surface area contributed by atoms with Crippen molar-refractivity contribution < 1.29 is 60.9 Å². The summed E-state index contributed by atoms with van der Waals surface area (Å²) in [5.41, 5.74) is 0. The molecular weight excluding hydrogens is 616 g/mol. The zero-order valence-corrected chi connectivity index (χ0v) is 12.6. The number of hydrogen-bond acceptors (Lipinski definition) is 0. The van der Waals surface area contributed by atoms with Crippen molar-refractivity contribution in [1.29, 1.82) is 0 Å². The largest absolute Gasteiger partial charge is 3.00 e. The Morgan fingerprint density at radius 1 is 0.333 bits per heavy atom. The molecule has 5 nitrogen and oxygen atoms in total. The van der Waals surface area contributed by atoms with Crippen LogP contribution in [-0.4, -0.2) is 52.4 Å². The van der Waals surface area contributed by atoms with Crippen LogP contribution in [0.1, 0.15) is 0 Å². The van der Waals surface area contributed by atoms with E-state index in [0.717, 1.165) is 0 Å². The van der Waals surface area contributed by atoms with Crippen molar-refractivity contribution >= 4 is 52.4 Å². The van der Waals surface area contributed by atoms with Crippen LogP contribution in [0.2, 0.25) is 0 Å². The van der Waals surface area contributed by atoms with Crippen molar-refractivity contribution in [2.75, 3.05) is 0 Å². The molecule has 6 radical (unpaired) electrons. The molecule has 58 valence electrons. The summed E-state index contributed by atoms with van der Waals surface area (Å²) < 4.78 is 0. The van der Waals surface area contributed by atoms with Gasteiger partial charge < -0.3 is 27.4 Å². The van der Waals surface area contributed by atoms with E-state index < -0.39 is 0 Å². The summed E-state index contributed by atoms with van der Waals surface area (Å²) in [7, 11) is 0. The third-order valence-corrected chi connectivity index (χ3v) is 0. The Kier molecular flexibility index (Phi) is 3160. The van der Waals surface area contributed by atoms with Gasteiger partial charge in [0.25, 0.3) is 0 Å². The maximum atomic E-state index is 0. The van der Waals surface area contributed by atoms with E-state index in [9.17, 15) is 0 Å². The van der Waals surface area contributed by atoms with Gasteiger partial charge in [-0.25, -0.2) is 0 Å². The summed E-state index contributed by atoms with van der Waals surface area (Å²) in [6, 6.07) is 0. The minimum Gasteiger partial charge on any atom is -2.00 e. The van der Waals surface area contributed by atoms with Crippen molar-refractivity contribution in [3.05, 3.63) is 0 Å². The first kappa shape index (κ1) is 195. The predicted octanol–water partition coefficient (Wildman–Crippen LogP) is -1.36. The molecule has 0 spiro atoms. The Bertz CT molecular complexity index is 12.9. The van der Waals surface area contributed by atoms with Gasteiger partial charge in [0.15, 0.2) is 0 Å². The second-order valence-corrected chi connectivity index (χ2v) is 0. The topological polar surface area (TPSA) is 142 Å². The van der Waals surface area contributed by atoms with Crippen molar-refractivity contribution in [2.24, 2.45) is 0 Å². The third-order valence-electron chi connectivity index (χ3n) is 0. The standard InChI is InChI=1S/2Bi.2Co.5O/q2*+3;2*+2;5*-2. The minimum atomic E-state index is 0. The first-order valence-corrected chi connectivity index (χ1v) is 0. The molecule has 0 fully saturated rings. The molecule has 0 bridgehead atoms. The summed E-state index contributed by atoms with van der Waals surface area (Å²) in [4.78, 5) is 0. The second kappa shape index (κ2) is 146. The average molecular weight is 616 g/mol. The van der Waals surface area contributed by atoms with E-state index in [0.29, 0.717) is 0 Å². The van der Waals surface area contributed by atoms with Crippen LogP contribution < -0.4 is 0 Å². The van der Waals surface area contributed by atoms with E-state index in [4.69, 9.17) is 0 Å². The Morgan fingerprint density at radius 3 is 0.333 bits per heavy atom. The van der Waals surface area contributed by atoms with Crippen molar-refractivity contribution in [3.8, 4) is 0 Å². The number of rotatable bonds is 0. The zero-order chi connectivity index (χ0) is 0. The molecule has 0 aliphatic carbocycles. The van der Waals surface area contributed by atoms with Crippen LogP contribution in [0.4, 0.5) is 0 Å². The van der Waals surface area contributed by atoms with Gasteiger partial charge in [0.1, 0.15) is 0 Å². The average Bonchev–Trinajstić information content (AvgIpc) is 0. The Hall–Kier alpha value is 2.58. The molecule has 0 rings (SSSR count). The van der Waals surface area contributed by atoms with Crippen molar-refractivity contribution in [3.63, 3.8) is 0 Å². The number of hydrogen-bond donors (Lipinski definition) is 0. The smallest absolute Gasteiger partial charge is 2.00 e. The molecule has 0 unspecified atom stereocenters. The van der Waals surface area contributed by atoms with Gasteiger partial charge in [-0.05, 0) is 0 Å². The van der Waals surface area contributed by atoms with Crippen LogP contribution in [0, 0.1) is 0 Å². The molecule has 0 aliphatic rings. The normalized spacial score (nSPS) is 0. The second-order valence-electron chi connectivity index (χ2n) is 0. The first-order chi connectivity index (χ1) is 0. The fraction of sp³-hybridized carbons (Fsp3) is 0. The van der Waals surface area contributed by atoms with E-state index in [1.165, 1.54) is 0 Å². The van der Waals surface area contributed by atoms with Crippen LogP contribution in [0.15, 0.2) is 0 Å². The predicted molar refractivity (Wildman–Crippen MR) is 14.9 cm³/mol. The van der Waals surface area contributed by atoms with Crippen LogP contribution in [-0.2, 0) is 60.9 Å². The fourth-order valence-electron chi connectivity index (χ4n) is 0. The zero-order valence-electron chi connectivity index (χ0n) is 3.60. The molecule has 0 heterocycles. The molecular formula is Bi2Co2O5. The molecule has 0 saturated heterocycles. The minimum absolute atomic E-state index is 0. The molecule has 9 heteroatoms. The van der Waals surface area contributed by atoms with Gasteiger partial charge in [-0.15, -0.1) is 0 Å². The molecule has 0 aliphatic heterocycles. The molecule has 0 aromatic carbocycles. The van der Waals surface area contributed by atoms with Crippen molar-refractivity contribution in [2.45, 2.75) is 0 Å². The van der Waals surface area contributed by atoms with Gasteiger partial charge in [-0.1, -0.05) is 0 Å². The molecule has 0 amide bonds. The molecule has 0 aromatic rings. The van der Waals surface area contributed by atoms with Gasteiger partial charge in [-0.2, -0.15) is 0 Å². The summed E-state index contributed by atoms with van der Waals surface area (Å²) in [5, 5.41) is 0. The van der Waals surface area contributed by atoms with Gasteiger partial charge in [-0.3, -0.25) is 0 Å². The first-order valence-electron chi connectivity index (χ1n) is 0. The van der Waals surface area contributed by atoms with E-state index in [1.54, 1.807) is 0 Å². The van der Waals surface area contributed by atoms with E-state index in [-0.39, 0.29) is 113 Å². The van der Waals surface area contributed by atoms with Gasteiger partial charge >= 0.3 is 86.0 Å². The maximum Gasteiger partial charge on any atom is 3.00 e. The Labute approximate surface area is 112 Å². The third kappa shape index (κ3) is 117. The molecule has 0 aromatic heterocycles.